The summed E-state index contributed by atoms with van der Waals surface area (Å²) in [6.07, 6.45) is 3.43. The van der Waals surface area contributed by atoms with Gasteiger partial charge in [0.05, 0.1) is 18.0 Å². The standard InChI is InChI=1S/C9H8ClN3O2/c1-2-5-6(9(14)15)3-11-13-4-7(10)12-8(5)13/h3-4H,2H2,1H3,(H,14,15). The first-order valence-electron chi connectivity index (χ1n) is 4.39. The minimum Gasteiger partial charge on any atom is -0.478 e. The van der Waals surface area contributed by atoms with Gasteiger partial charge in [0.1, 0.15) is 5.15 Å². The van der Waals surface area contributed by atoms with Crippen molar-refractivity contribution >= 4 is 23.2 Å². The van der Waals surface area contributed by atoms with Crippen molar-refractivity contribution in [2.24, 2.45) is 0 Å². The molecule has 0 aromatic carbocycles. The van der Waals surface area contributed by atoms with Gasteiger partial charge in [-0.05, 0) is 6.42 Å². The van der Waals surface area contributed by atoms with Crippen molar-refractivity contribution in [2.45, 2.75) is 13.3 Å². The normalized spacial score (nSPS) is 10.8. The highest BCUT2D eigenvalue weighted by molar-refractivity contribution is 6.29. The third kappa shape index (κ3) is 1.55. The molecular weight excluding hydrogens is 218 g/mol. The Morgan fingerprint density at radius 1 is 1.67 bits per heavy atom. The molecule has 2 aromatic heterocycles. The maximum atomic E-state index is 10.9. The Balaban J connectivity index is 2.80. The van der Waals surface area contributed by atoms with Crippen molar-refractivity contribution in [3.05, 3.63) is 28.7 Å². The lowest BCUT2D eigenvalue weighted by atomic mass is 10.1. The van der Waals surface area contributed by atoms with Gasteiger partial charge in [0.15, 0.2) is 5.65 Å². The van der Waals surface area contributed by atoms with E-state index in [4.69, 9.17) is 16.7 Å². The van der Waals surface area contributed by atoms with Crippen molar-refractivity contribution in [3.8, 4) is 0 Å². The third-order valence-corrected chi connectivity index (χ3v) is 2.33. The van der Waals surface area contributed by atoms with Crippen LogP contribution in [0.3, 0.4) is 0 Å². The molecule has 0 fully saturated rings. The summed E-state index contributed by atoms with van der Waals surface area (Å²) in [6, 6.07) is 0. The second-order valence-corrected chi connectivity index (χ2v) is 3.41. The zero-order valence-corrected chi connectivity index (χ0v) is 8.69. The molecule has 0 amide bonds. The molecule has 5 nitrogen and oxygen atoms in total. The van der Waals surface area contributed by atoms with Gasteiger partial charge in [-0.25, -0.2) is 14.3 Å². The van der Waals surface area contributed by atoms with Crippen LogP contribution in [0.2, 0.25) is 5.15 Å². The van der Waals surface area contributed by atoms with Gasteiger partial charge in [-0.15, -0.1) is 0 Å². The van der Waals surface area contributed by atoms with Gasteiger partial charge in [-0.1, -0.05) is 18.5 Å². The van der Waals surface area contributed by atoms with E-state index in [0.29, 0.717) is 22.8 Å². The molecular formula is C9H8ClN3O2. The Labute approximate surface area is 90.3 Å². The fourth-order valence-corrected chi connectivity index (χ4v) is 1.66. The molecule has 78 valence electrons. The molecule has 6 heteroatoms. The number of aromatic nitrogens is 3. The fourth-order valence-electron chi connectivity index (χ4n) is 1.49. The predicted octanol–water partition coefficient (Wildman–Crippen LogP) is 1.64. The first kappa shape index (κ1) is 9.92. The number of nitrogens with zero attached hydrogens (tertiary/aromatic N) is 3. The maximum absolute atomic E-state index is 10.9. The van der Waals surface area contributed by atoms with Crippen LogP contribution in [0, 0.1) is 0 Å². The van der Waals surface area contributed by atoms with E-state index in [-0.39, 0.29) is 5.56 Å². The molecule has 0 aliphatic heterocycles. The largest absolute Gasteiger partial charge is 0.478 e. The minimum atomic E-state index is -0.999. The highest BCUT2D eigenvalue weighted by Crippen LogP contribution is 2.17. The number of carbonyl (C=O) groups is 1. The van der Waals surface area contributed by atoms with E-state index in [2.05, 4.69) is 10.1 Å². The number of halogens is 1. The lowest BCUT2D eigenvalue weighted by Crippen LogP contribution is -2.06. The second-order valence-electron chi connectivity index (χ2n) is 3.03. The quantitative estimate of drug-likeness (QED) is 0.844. The van der Waals surface area contributed by atoms with Crippen LogP contribution in [0.5, 0.6) is 0 Å². The van der Waals surface area contributed by atoms with Gasteiger partial charge >= 0.3 is 5.97 Å². The number of imidazole rings is 1. The Bertz CT molecular complexity index is 535. The molecule has 2 aromatic rings. The average Bonchev–Trinajstić information content (AvgIpc) is 2.55. The van der Waals surface area contributed by atoms with Crippen LogP contribution in [0.1, 0.15) is 22.8 Å². The summed E-state index contributed by atoms with van der Waals surface area (Å²) < 4.78 is 1.48. The summed E-state index contributed by atoms with van der Waals surface area (Å²) in [5, 5.41) is 13.2. The molecule has 0 spiro atoms. The molecule has 2 heterocycles. The van der Waals surface area contributed by atoms with Crippen LogP contribution in [0.4, 0.5) is 0 Å². The Morgan fingerprint density at radius 2 is 2.40 bits per heavy atom. The molecule has 0 bridgehead atoms. The number of aromatic carboxylic acids is 1. The lowest BCUT2D eigenvalue weighted by Gasteiger charge is -2.03. The number of rotatable bonds is 2. The maximum Gasteiger partial charge on any atom is 0.337 e. The van der Waals surface area contributed by atoms with E-state index < -0.39 is 5.97 Å². The van der Waals surface area contributed by atoms with E-state index in [0.717, 1.165) is 0 Å². The number of fused-ring (bicyclic) bond motifs is 1. The topological polar surface area (TPSA) is 67.5 Å². The van der Waals surface area contributed by atoms with Crippen molar-refractivity contribution < 1.29 is 9.90 Å². The molecule has 1 N–H and O–H groups in total. The van der Waals surface area contributed by atoms with Crippen LogP contribution < -0.4 is 0 Å². The number of aryl methyl sites for hydroxylation is 1. The number of carboxylic acids is 1. The lowest BCUT2D eigenvalue weighted by molar-refractivity contribution is 0.0695. The van der Waals surface area contributed by atoms with Crippen LogP contribution in [-0.2, 0) is 6.42 Å². The third-order valence-electron chi connectivity index (χ3n) is 2.15. The van der Waals surface area contributed by atoms with Crippen molar-refractivity contribution in [3.63, 3.8) is 0 Å². The van der Waals surface area contributed by atoms with Gasteiger partial charge in [-0.3, -0.25) is 0 Å². The monoisotopic (exact) mass is 225 g/mol. The van der Waals surface area contributed by atoms with Crippen LogP contribution in [0.25, 0.3) is 5.65 Å². The van der Waals surface area contributed by atoms with Gasteiger partial charge in [-0.2, -0.15) is 5.10 Å². The first-order chi connectivity index (χ1) is 7.13. The summed E-state index contributed by atoms with van der Waals surface area (Å²) in [4.78, 5) is 15.0. The average molecular weight is 226 g/mol. The smallest absolute Gasteiger partial charge is 0.337 e. The SMILES string of the molecule is CCc1c(C(=O)O)cnn2cc(Cl)nc12. The summed E-state index contributed by atoms with van der Waals surface area (Å²) in [6.45, 7) is 1.87. The van der Waals surface area contributed by atoms with E-state index in [1.165, 1.54) is 10.7 Å². The highest BCUT2D eigenvalue weighted by atomic mass is 35.5. The second kappa shape index (κ2) is 3.51. The van der Waals surface area contributed by atoms with E-state index >= 15 is 0 Å². The van der Waals surface area contributed by atoms with Crippen molar-refractivity contribution in [1.82, 2.24) is 14.6 Å². The van der Waals surface area contributed by atoms with E-state index in [1.807, 2.05) is 6.92 Å². The summed E-state index contributed by atoms with van der Waals surface area (Å²) in [5.41, 5.74) is 1.32. The van der Waals surface area contributed by atoms with E-state index in [1.54, 1.807) is 6.20 Å². The molecule has 0 aliphatic rings. The summed E-state index contributed by atoms with van der Waals surface area (Å²) >= 11 is 5.72. The van der Waals surface area contributed by atoms with Crippen LogP contribution in [0.15, 0.2) is 12.4 Å². The van der Waals surface area contributed by atoms with Crippen molar-refractivity contribution in [2.75, 3.05) is 0 Å². The van der Waals surface area contributed by atoms with Crippen LogP contribution in [-0.4, -0.2) is 25.7 Å². The number of hydrogen-bond donors (Lipinski definition) is 1. The van der Waals surface area contributed by atoms with Gasteiger partial charge in [0.2, 0.25) is 0 Å². The van der Waals surface area contributed by atoms with Gasteiger partial charge in [0, 0.05) is 5.56 Å². The number of carboxylic acid groups (broad SMARTS) is 1. The molecule has 0 aliphatic carbocycles. The zero-order chi connectivity index (χ0) is 11.0. The minimum absolute atomic E-state index is 0.173. The Kier molecular flexibility index (Phi) is 2.32. The zero-order valence-electron chi connectivity index (χ0n) is 7.94. The summed E-state index contributed by atoms with van der Waals surface area (Å²) in [5.74, 6) is -0.999. The molecule has 0 unspecified atom stereocenters. The molecule has 2 rings (SSSR count). The molecule has 0 saturated heterocycles. The fraction of sp³-hybridized carbons (Fsp3) is 0.222. The van der Waals surface area contributed by atoms with Gasteiger partial charge in [0.25, 0.3) is 0 Å². The highest BCUT2D eigenvalue weighted by Gasteiger charge is 2.15. The Hall–Kier alpha value is -1.62. The molecule has 15 heavy (non-hydrogen) atoms. The molecule has 0 atom stereocenters. The van der Waals surface area contributed by atoms with Crippen LogP contribution >= 0.6 is 11.6 Å². The Morgan fingerprint density at radius 3 is 3.00 bits per heavy atom. The predicted molar refractivity (Wildman–Crippen MR) is 54.3 cm³/mol. The number of hydrogen-bond acceptors (Lipinski definition) is 3. The van der Waals surface area contributed by atoms with Crippen molar-refractivity contribution in [1.29, 1.82) is 0 Å². The van der Waals surface area contributed by atoms with Gasteiger partial charge < -0.3 is 5.11 Å². The van der Waals surface area contributed by atoms with E-state index in [9.17, 15) is 4.79 Å². The molecule has 0 radical (unpaired) electrons. The molecule has 0 saturated carbocycles. The summed E-state index contributed by atoms with van der Waals surface area (Å²) in [7, 11) is 0. The first-order valence-corrected chi connectivity index (χ1v) is 4.77.